The van der Waals surface area contributed by atoms with Crippen LogP contribution in [0, 0.1) is 0 Å². The van der Waals surface area contributed by atoms with Gasteiger partial charge in [0.2, 0.25) is 0 Å². The first-order valence-corrected chi connectivity index (χ1v) is 8.72. The number of carbonyl (C=O) groups is 1. The largest absolute Gasteiger partial charge is 0.468 e. The number of alkyl halides is 6. The average molecular weight is 435 g/mol. The number of ether oxygens (including phenoxy) is 2. The van der Waals surface area contributed by atoms with Crippen molar-refractivity contribution >= 4 is 5.97 Å². The van der Waals surface area contributed by atoms with Crippen molar-refractivity contribution in [2.24, 2.45) is 0 Å². The summed E-state index contributed by atoms with van der Waals surface area (Å²) in [5.74, 6) is -0.538. The zero-order chi connectivity index (χ0) is 22.4. The zero-order valence-electron chi connectivity index (χ0n) is 15.8. The molecule has 1 atom stereocenters. The number of esters is 1. The maximum absolute atomic E-state index is 13.0. The highest BCUT2D eigenvalue weighted by molar-refractivity contribution is 5.71. The Labute approximate surface area is 168 Å². The first-order chi connectivity index (χ1) is 14.0. The first-order valence-electron chi connectivity index (χ1n) is 8.72. The summed E-state index contributed by atoms with van der Waals surface area (Å²) in [7, 11) is 1.21. The van der Waals surface area contributed by atoms with E-state index in [-0.39, 0.29) is 24.8 Å². The van der Waals surface area contributed by atoms with Crippen molar-refractivity contribution in [1.29, 1.82) is 0 Å². The van der Waals surface area contributed by atoms with Crippen LogP contribution in [0.4, 0.5) is 26.3 Å². The van der Waals surface area contributed by atoms with E-state index in [0.29, 0.717) is 12.1 Å². The summed E-state index contributed by atoms with van der Waals surface area (Å²) in [5.41, 5.74) is -2.35. The molecule has 0 radical (unpaired) electrons. The molecular weight excluding hydrogens is 416 g/mol. The number of rotatable bonds is 8. The van der Waals surface area contributed by atoms with E-state index in [9.17, 15) is 31.1 Å². The van der Waals surface area contributed by atoms with Crippen molar-refractivity contribution in [2.75, 3.05) is 20.3 Å². The van der Waals surface area contributed by atoms with Crippen LogP contribution >= 0.6 is 0 Å². The van der Waals surface area contributed by atoms with Gasteiger partial charge < -0.3 is 9.47 Å². The molecule has 4 nitrogen and oxygen atoms in total. The lowest BCUT2D eigenvalue weighted by molar-refractivity contribution is -0.143. The van der Waals surface area contributed by atoms with E-state index in [1.165, 1.54) is 7.11 Å². The Kier molecular flexibility index (Phi) is 7.85. The third-order valence-corrected chi connectivity index (χ3v) is 4.12. The van der Waals surface area contributed by atoms with Gasteiger partial charge in [-0.05, 0) is 29.3 Å². The number of halogens is 6. The minimum Gasteiger partial charge on any atom is -0.468 e. The summed E-state index contributed by atoms with van der Waals surface area (Å²) in [6.45, 7) is -0.726. The van der Waals surface area contributed by atoms with E-state index in [2.05, 4.69) is 10.1 Å². The number of nitrogens with one attached hydrogen (secondary N) is 1. The van der Waals surface area contributed by atoms with Crippen molar-refractivity contribution in [1.82, 2.24) is 5.32 Å². The molecule has 2 aromatic carbocycles. The predicted octanol–water partition coefficient (Wildman–Crippen LogP) is 4.74. The summed E-state index contributed by atoms with van der Waals surface area (Å²) in [6.07, 6.45) is -9.85. The Balaban J connectivity index is 2.14. The van der Waals surface area contributed by atoms with Crippen LogP contribution in [0.5, 0.6) is 0 Å². The van der Waals surface area contributed by atoms with Crippen molar-refractivity contribution in [2.45, 2.75) is 25.0 Å². The molecule has 0 unspecified atom stereocenters. The second kappa shape index (κ2) is 9.94. The molecule has 0 fully saturated rings. The lowest BCUT2D eigenvalue weighted by atomic mass is 10.0. The van der Waals surface area contributed by atoms with E-state index in [0.717, 1.165) is 5.56 Å². The van der Waals surface area contributed by atoms with Gasteiger partial charge in [-0.1, -0.05) is 30.3 Å². The molecular formula is C20H19F6NO3. The van der Waals surface area contributed by atoms with E-state index >= 15 is 0 Å². The Hall–Kier alpha value is -2.59. The molecule has 0 bridgehead atoms. The van der Waals surface area contributed by atoms with Gasteiger partial charge in [-0.25, -0.2) is 0 Å². The van der Waals surface area contributed by atoms with E-state index in [1.807, 2.05) is 0 Å². The van der Waals surface area contributed by atoms with Gasteiger partial charge >= 0.3 is 18.3 Å². The van der Waals surface area contributed by atoms with Gasteiger partial charge in [0.05, 0.1) is 44.0 Å². The summed E-state index contributed by atoms with van der Waals surface area (Å²) >= 11 is 0. The SMILES string of the molecule is COC(=O)CN[C@H](COCc1cc(C(F)(F)F)cc(C(F)(F)F)c1)c1ccccc1. The number of hydrogen-bond donors (Lipinski definition) is 1. The van der Waals surface area contributed by atoms with Crippen molar-refractivity contribution in [3.05, 3.63) is 70.8 Å². The van der Waals surface area contributed by atoms with Crippen LogP contribution in [0.25, 0.3) is 0 Å². The minimum absolute atomic E-state index is 0.0637. The summed E-state index contributed by atoms with van der Waals surface area (Å²) < 4.78 is 87.7. The fourth-order valence-corrected chi connectivity index (χ4v) is 2.63. The van der Waals surface area contributed by atoms with Crippen molar-refractivity contribution in [3.8, 4) is 0 Å². The van der Waals surface area contributed by atoms with Gasteiger partial charge in [0.1, 0.15) is 0 Å². The quantitative estimate of drug-likeness (QED) is 0.481. The molecule has 0 aliphatic carbocycles. The van der Waals surface area contributed by atoms with Gasteiger partial charge in [0.25, 0.3) is 0 Å². The highest BCUT2D eigenvalue weighted by atomic mass is 19.4. The second-order valence-electron chi connectivity index (χ2n) is 6.35. The molecule has 0 amide bonds. The molecule has 30 heavy (non-hydrogen) atoms. The maximum Gasteiger partial charge on any atom is 0.416 e. The monoisotopic (exact) mass is 435 g/mol. The predicted molar refractivity (Wildman–Crippen MR) is 95.3 cm³/mol. The Morgan fingerprint density at radius 3 is 2.03 bits per heavy atom. The zero-order valence-corrected chi connectivity index (χ0v) is 15.8. The molecule has 2 aromatic rings. The fourth-order valence-electron chi connectivity index (χ4n) is 2.63. The van der Waals surface area contributed by atoms with E-state index in [4.69, 9.17) is 4.74 Å². The molecule has 0 aliphatic heterocycles. The van der Waals surface area contributed by atoms with Gasteiger partial charge in [0, 0.05) is 0 Å². The van der Waals surface area contributed by atoms with Crippen molar-refractivity contribution < 1.29 is 40.6 Å². The van der Waals surface area contributed by atoms with Crippen LogP contribution in [0.15, 0.2) is 48.5 Å². The normalized spacial score (nSPS) is 13.2. The average Bonchev–Trinajstić information content (AvgIpc) is 2.69. The lowest BCUT2D eigenvalue weighted by Crippen LogP contribution is -2.31. The van der Waals surface area contributed by atoms with Crippen LogP contribution in [-0.2, 0) is 33.2 Å². The number of methoxy groups -OCH3 is 1. The van der Waals surface area contributed by atoms with Gasteiger partial charge in [0.15, 0.2) is 0 Å². The fraction of sp³-hybridized carbons (Fsp3) is 0.350. The summed E-state index contributed by atoms with van der Waals surface area (Å²) in [6, 6.07) is 9.50. The van der Waals surface area contributed by atoms with Crippen LogP contribution in [0.2, 0.25) is 0 Å². The van der Waals surface area contributed by atoms with Gasteiger partial charge in [-0.3, -0.25) is 10.1 Å². The maximum atomic E-state index is 13.0. The molecule has 1 N–H and O–H groups in total. The number of hydrogen-bond acceptors (Lipinski definition) is 4. The molecule has 0 aromatic heterocycles. The highest BCUT2D eigenvalue weighted by Crippen LogP contribution is 2.36. The molecule has 0 spiro atoms. The Morgan fingerprint density at radius 1 is 0.967 bits per heavy atom. The molecule has 2 rings (SSSR count). The number of benzene rings is 2. The molecule has 164 valence electrons. The lowest BCUT2D eigenvalue weighted by Gasteiger charge is -2.19. The van der Waals surface area contributed by atoms with E-state index in [1.54, 1.807) is 30.3 Å². The molecule has 0 saturated carbocycles. The Bertz CT molecular complexity index is 804. The van der Waals surface area contributed by atoms with Crippen molar-refractivity contribution in [3.63, 3.8) is 0 Å². The highest BCUT2D eigenvalue weighted by Gasteiger charge is 2.36. The second-order valence-corrected chi connectivity index (χ2v) is 6.35. The molecule has 0 aliphatic rings. The van der Waals surface area contributed by atoms with Crippen LogP contribution < -0.4 is 5.32 Å². The third kappa shape index (κ3) is 7.03. The Morgan fingerprint density at radius 2 is 1.53 bits per heavy atom. The molecule has 0 heterocycles. The smallest absolute Gasteiger partial charge is 0.416 e. The van der Waals surface area contributed by atoms with Crippen LogP contribution in [0.3, 0.4) is 0 Å². The first kappa shape index (κ1) is 23.7. The third-order valence-electron chi connectivity index (χ3n) is 4.12. The number of carbonyl (C=O) groups excluding carboxylic acids is 1. The van der Waals surface area contributed by atoms with Gasteiger partial charge in [-0.2, -0.15) is 26.3 Å². The molecule has 10 heteroatoms. The topological polar surface area (TPSA) is 47.6 Å². The summed E-state index contributed by atoms with van der Waals surface area (Å²) in [5, 5.41) is 2.88. The minimum atomic E-state index is -4.93. The summed E-state index contributed by atoms with van der Waals surface area (Å²) in [4.78, 5) is 11.4. The van der Waals surface area contributed by atoms with Crippen LogP contribution in [-0.4, -0.2) is 26.2 Å². The van der Waals surface area contributed by atoms with Crippen LogP contribution in [0.1, 0.15) is 28.3 Å². The van der Waals surface area contributed by atoms with E-state index < -0.39 is 42.1 Å². The molecule has 0 saturated heterocycles. The standard InChI is InChI=1S/C20H19F6NO3/c1-29-18(28)10-27-17(14-5-3-2-4-6-14)12-30-11-13-7-15(19(21,22)23)9-16(8-13)20(24,25)26/h2-9,17,27H,10-12H2,1H3/t17-/m1/s1. The van der Waals surface area contributed by atoms with Gasteiger partial charge in [-0.15, -0.1) is 0 Å².